The van der Waals surface area contributed by atoms with Crippen LogP contribution in [0.3, 0.4) is 0 Å². The largest absolute Gasteiger partial charge is 0.334 e. The maximum absolute atomic E-state index is 13.0. The van der Waals surface area contributed by atoms with E-state index in [1.54, 1.807) is 6.20 Å². The van der Waals surface area contributed by atoms with Gasteiger partial charge in [-0.25, -0.2) is 14.1 Å². The third kappa shape index (κ3) is 2.31. The summed E-state index contributed by atoms with van der Waals surface area (Å²) in [6.45, 7) is 6.05. The molecule has 3 heterocycles. The number of nitrogens with zero attached hydrogens (tertiary/aromatic N) is 5. The second-order valence-corrected chi connectivity index (χ2v) is 6.45. The number of rotatable bonds is 3. The lowest BCUT2D eigenvalue weighted by Gasteiger charge is -2.26. The first kappa shape index (κ1) is 14.3. The highest BCUT2D eigenvalue weighted by molar-refractivity contribution is 5.90. The van der Waals surface area contributed by atoms with Crippen molar-refractivity contribution in [3.05, 3.63) is 23.8 Å². The molecule has 1 fully saturated rings. The van der Waals surface area contributed by atoms with Gasteiger partial charge in [0.05, 0.1) is 17.1 Å². The normalized spacial score (nSPS) is 21.1. The second-order valence-electron chi connectivity index (χ2n) is 6.45. The van der Waals surface area contributed by atoms with Crippen molar-refractivity contribution in [3.63, 3.8) is 0 Å². The van der Waals surface area contributed by atoms with Crippen LogP contribution in [0.25, 0.3) is 22.5 Å². The summed E-state index contributed by atoms with van der Waals surface area (Å²) in [6, 6.07) is 2.13. The van der Waals surface area contributed by atoms with Crippen LogP contribution in [0.4, 0.5) is 4.39 Å². The van der Waals surface area contributed by atoms with Crippen molar-refractivity contribution >= 4 is 11.0 Å². The Hall–Kier alpha value is -2.31. The number of aryl methyl sites for hydroxylation is 1. The lowest BCUT2D eigenvalue weighted by molar-refractivity contribution is 0.171. The van der Waals surface area contributed by atoms with Crippen LogP contribution in [0.15, 0.2) is 16.8 Å². The molecule has 0 spiro atoms. The van der Waals surface area contributed by atoms with Gasteiger partial charge in [-0.1, -0.05) is 5.16 Å². The molecule has 0 bridgehead atoms. The van der Waals surface area contributed by atoms with E-state index in [1.807, 2.05) is 17.7 Å². The molecule has 1 aliphatic carbocycles. The molecule has 0 saturated heterocycles. The molecule has 7 heteroatoms. The zero-order chi connectivity index (χ0) is 16.1. The molecule has 4 rings (SSSR count). The van der Waals surface area contributed by atoms with Gasteiger partial charge in [-0.2, -0.15) is 10.1 Å². The van der Waals surface area contributed by atoms with Crippen LogP contribution in [-0.4, -0.2) is 31.1 Å². The van der Waals surface area contributed by atoms with Crippen molar-refractivity contribution in [2.75, 3.05) is 0 Å². The SMILES string of the molecule is Cc1cc(-c2nc(C3CC(F)C3)no2)c2cnn(C(C)C)c2n1. The summed E-state index contributed by atoms with van der Waals surface area (Å²) in [4.78, 5) is 9.06. The number of pyridine rings is 1. The van der Waals surface area contributed by atoms with E-state index >= 15 is 0 Å². The first-order valence-electron chi connectivity index (χ1n) is 7.86. The van der Waals surface area contributed by atoms with E-state index < -0.39 is 6.17 Å². The summed E-state index contributed by atoms with van der Waals surface area (Å²) in [5.41, 5.74) is 2.50. The van der Waals surface area contributed by atoms with Gasteiger partial charge in [0.1, 0.15) is 6.17 Å². The Morgan fingerprint density at radius 1 is 1.30 bits per heavy atom. The third-order valence-electron chi connectivity index (χ3n) is 4.30. The van der Waals surface area contributed by atoms with Crippen LogP contribution in [0.1, 0.15) is 50.2 Å². The molecule has 3 aromatic heterocycles. The van der Waals surface area contributed by atoms with Crippen LogP contribution in [-0.2, 0) is 0 Å². The summed E-state index contributed by atoms with van der Waals surface area (Å²) >= 11 is 0. The van der Waals surface area contributed by atoms with E-state index in [9.17, 15) is 4.39 Å². The van der Waals surface area contributed by atoms with Gasteiger partial charge in [0.2, 0.25) is 0 Å². The first-order chi connectivity index (χ1) is 11.0. The molecule has 23 heavy (non-hydrogen) atoms. The fourth-order valence-electron chi connectivity index (χ4n) is 2.97. The van der Waals surface area contributed by atoms with Crippen molar-refractivity contribution in [2.24, 2.45) is 0 Å². The maximum Gasteiger partial charge on any atom is 0.258 e. The van der Waals surface area contributed by atoms with Gasteiger partial charge < -0.3 is 4.52 Å². The smallest absolute Gasteiger partial charge is 0.258 e. The molecule has 0 unspecified atom stereocenters. The van der Waals surface area contributed by atoms with E-state index in [4.69, 9.17) is 4.52 Å². The number of hydrogen-bond acceptors (Lipinski definition) is 5. The van der Waals surface area contributed by atoms with E-state index in [0.717, 1.165) is 22.3 Å². The fourth-order valence-corrected chi connectivity index (χ4v) is 2.97. The van der Waals surface area contributed by atoms with Crippen molar-refractivity contribution < 1.29 is 8.91 Å². The molecule has 1 saturated carbocycles. The highest BCUT2D eigenvalue weighted by Crippen LogP contribution is 2.38. The molecule has 0 atom stereocenters. The van der Waals surface area contributed by atoms with E-state index in [1.165, 1.54) is 0 Å². The Balaban J connectivity index is 1.79. The average Bonchev–Trinajstić information content (AvgIpc) is 3.09. The quantitative estimate of drug-likeness (QED) is 0.739. The van der Waals surface area contributed by atoms with Crippen molar-refractivity contribution in [3.8, 4) is 11.5 Å². The summed E-state index contributed by atoms with van der Waals surface area (Å²) in [7, 11) is 0. The predicted octanol–water partition coefficient (Wildman–Crippen LogP) is 3.59. The molecule has 6 nitrogen and oxygen atoms in total. The summed E-state index contributed by atoms with van der Waals surface area (Å²) < 4.78 is 20.3. The highest BCUT2D eigenvalue weighted by Gasteiger charge is 2.34. The van der Waals surface area contributed by atoms with E-state index in [-0.39, 0.29) is 12.0 Å². The summed E-state index contributed by atoms with van der Waals surface area (Å²) in [6.07, 6.45) is 2.01. The molecule has 0 aliphatic heterocycles. The molecule has 1 aliphatic rings. The van der Waals surface area contributed by atoms with Crippen molar-refractivity contribution in [1.82, 2.24) is 24.9 Å². The Morgan fingerprint density at radius 3 is 2.78 bits per heavy atom. The monoisotopic (exact) mass is 315 g/mol. The van der Waals surface area contributed by atoms with Crippen LogP contribution in [0.2, 0.25) is 0 Å². The average molecular weight is 315 g/mol. The maximum atomic E-state index is 13.0. The molecule has 0 aromatic carbocycles. The van der Waals surface area contributed by atoms with Gasteiger partial charge in [0, 0.05) is 17.7 Å². The Morgan fingerprint density at radius 2 is 2.09 bits per heavy atom. The number of fused-ring (bicyclic) bond motifs is 1. The summed E-state index contributed by atoms with van der Waals surface area (Å²) in [5.74, 6) is 1.10. The van der Waals surface area contributed by atoms with Gasteiger partial charge >= 0.3 is 0 Å². The van der Waals surface area contributed by atoms with Gasteiger partial charge in [0.15, 0.2) is 11.5 Å². The Bertz CT molecular complexity index is 863. The number of aromatic nitrogens is 5. The minimum Gasteiger partial charge on any atom is -0.334 e. The molecule has 3 aromatic rings. The third-order valence-corrected chi connectivity index (χ3v) is 4.30. The molecule has 0 N–H and O–H groups in total. The summed E-state index contributed by atoms with van der Waals surface area (Å²) in [5, 5.41) is 9.33. The molecule has 0 amide bonds. The van der Waals surface area contributed by atoms with E-state index in [2.05, 4.69) is 34.1 Å². The lowest BCUT2D eigenvalue weighted by Crippen LogP contribution is -2.23. The Kier molecular flexibility index (Phi) is 3.18. The van der Waals surface area contributed by atoms with Gasteiger partial charge in [-0.3, -0.25) is 0 Å². The lowest BCUT2D eigenvalue weighted by atomic mass is 9.83. The number of alkyl halides is 1. The van der Waals surface area contributed by atoms with Gasteiger partial charge in [-0.05, 0) is 39.7 Å². The van der Waals surface area contributed by atoms with Crippen molar-refractivity contribution in [2.45, 2.75) is 51.7 Å². The first-order valence-corrected chi connectivity index (χ1v) is 7.86. The Labute approximate surface area is 132 Å². The van der Waals surface area contributed by atoms with Gasteiger partial charge in [-0.15, -0.1) is 0 Å². The second kappa shape index (κ2) is 5.11. The predicted molar refractivity (Wildman–Crippen MR) is 82.8 cm³/mol. The van der Waals surface area contributed by atoms with Crippen LogP contribution in [0.5, 0.6) is 0 Å². The topological polar surface area (TPSA) is 69.6 Å². The minimum atomic E-state index is -0.735. The van der Waals surface area contributed by atoms with Crippen LogP contribution >= 0.6 is 0 Å². The highest BCUT2D eigenvalue weighted by atomic mass is 19.1. The molecule has 120 valence electrons. The number of halogens is 1. The van der Waals surface area contributed by atoms with Crippen LogP contribution in [0, 0.1) is 6.92 Å². The van der Waals surface area contributed by atoms with Crippen LogP contribution < -0.4 is 0 Å². The minimum absolute atomic E-state index is 0.0688. The number of hydrogen-bond donors (Lipinski definition) is 0. The molecule has 0 radical (unpaired) electrons. The molecular weight excluding hydrogens is 297 g/mol. The van der Waals surface area contributed by atoms with Gasteiger partial charge in [0.25, 0.3) is 5.89 Å². The fraction of sp³-hybridized carbons (Fsp3) is 0.500. The van der Waals surface area contributed by atoms with E-state index in [0.29, 0.717) is 24.6 Å². The zero-order valence-electron chi connectivity index (χ0n) is 13.3. The van der Waals surface area contributed by atoms with Crippen molar-refractivity contribution in [1.29, 1.82) is 0 Å². The zero-order valence-corrected chi connectivity index (χ0v) is 13.3. The standard InChI is InChI=1S/C16H18FN5O/c1-8(2)22-15-13(7-18-22)12(4-9(3)19-15)16-20-14(21-23-16)10-5-11(17)6-10/h4,7-8,10-11H,5-6H2,1-3H3. The molecular formula is C16H18FN5O.